The molecule has 8 fully saturated rings. The van der Waals surface area contributed by atoms with Gasteiger partial charge in [-0.05, 0) is 6.92 Å². The number of nitrogens with one attached hydrogen (secondary N) is 4. The molecule has 44 nitrogen and oxygen atoms in total. The molecular formula is C57H96N4O40. The van der Waals surface area contributed by atoms with E-state index in [-0.39, 0.29) is 0 Å². The predicted molar refractivity (Wildman–Crippen MR) is 314 cm³/mol. The Morgan fingerprint density at radius 2 is 0.554 bits per heavy atom. The maximum absolute atomic E-state index is 12.9. The average molecular weight is 1480 g/mol. The number of aliphatic hydroxyl groups is 21. The normalized spacial score (nSPS) is 48.3. The largest absolute Gasteiger partial charge is 0.394 e. The van der Waals surface area contributed by atoms with E-state index in [1.807, 2.05) is 0 Å². The molecule has 101 heavy (non-hydrogen) atoms. The van der Waals surface area contributed by atoms with Crippen LogP contribution in [0.5, 0.6) is 0 Å². The maximum Gasteiger partial charge on any atom is 0.217 e. The number of carbonyl (C=O) groups is 4. The number of rotatable bonds is 26. The van der Waals surface area contributed by atoms with Crippen LogP contribution in [0, 0.1) is 0 Å². The number of carbonyl (C=O) groups excluding carboxylic acids is 4. The molecule has 4 amide bonds. The Kier molecular flexibility index (Phi) is 29.9. The van der Waals surface area contributed by atoms with E-state index < -0.39 is 322 Å². The van der Waals surface area contributed by atoms with E-state index in [0.717, 1.165) is 27.7 Å². The van der Waals surface area contributed by atoms with Gasteiger partial charge in [0, 0.05) is 27.7 Å². The SMILES string of the molecule is CC(=O)NC1C(C)OC(CO)[C@@H](OC2OC(CO)[C@@H](O[C@@H]3OC(CO[C@H]4OC(CO)[C@@H](O)[C@H](O)C4O[C@@H]4O[C@@H](CO)[C@@H](O[C@@H]5OC(CO)[C@H](O)[C@H](O)C5O)C(O)C4NC(C)=O)[C@@H](O)[C@H](O[C@H]4O[C@H](CO)[C@@H](O)C(O)C4O[C@@H]4OC(CO)[C@@H](O)[C@H](O)C4NC(C)=O)C3O)C(O)C2NC(C)=O)C1O. The second-order valence-corrected chi connectivity index (χ2v) is 25.7. The molecule has 0 aromatic carbocycles. The zero-order valence-corrected chi connectivity index (χ0v) is 54.9. The summed E-state index contributed by atoms with van der Waals surface area (Å²) in [6, 6.07) is -6.60. The van der Waals surface area contributed by atoms with Crippen molar-refractivity contribution >= 4 is 23.6 Å². The molecule has 8 aliphatic rings. The van der Waals surface area contributed by atoms with Gasteiger partial charge in [-0.15, -0.1) is 0 Å². The van der Waals surface area contributed by atoms with Crippen LogP contribution in [-0.2, 0) is 90.2 Å². The molecule has 8 rings (SSSR count). The van der Waals surface area contributed by atoms with Crippen molar-refractivity contribution in [2.45, 2.75) is 280 Å². The van der Waals surface area contributed by atoms with Gasteiger partial charge < -0.3 is 200 Å². The van der Waals surface area contributed by atoms with Crippen LogP contribution in [0.15, 0.2) is 0 Å². The van der Waals surface area contributed by atoms with Crippen LogP contribution in [-0.4, -0.2) is 429 Å². The van der Waals surface area contributed by atoms with Gasteiger partial charge in [-0.3, -0.25) is 19.2 Å². The second kappa shape index (κ2) is 36.4. The maximum atomic E-state index is 12.9. The molecule has 0 aromatic heterocycles. The summed E-state index contributed by atoms with van der Waals surface area (Å²) in [5.74, 6) is -3.23. The first kappa shape index (κ1) is 83.1. The van der Waals surface area contributed by atoms with Crippen LogP contribution < -0.4 is 21.3 Å². The number of aliphatic hydroxyl groups excluding tert-OH is 21. The van der Waals surface area contributed by atoms with Crippen LogP contribution >= 0.6 is 0 Å². The lowest BCUT2D eigenvalue weighted by molar-refractivity contribution is -0.396. The molecule has 0 aromatic rings. The minimum atomic E-state index is -2.48. The Bertz CT molecular complexity index is 2640. The van der Waals surface area contributed by atoms with Gasteiger partial charge in [-0.1, -0.05) is 0 Å². The Morgan fingerprint density at radius 3 is 0.980 bits per heavy atom. The van der Waals surface area contributed by atoms with Crippen molar-refractivity contribution in [1.82, 2.24) is 21.3 Å². The monoisotopic (exact) mass is 1480 g/mol. The van der Waals surface area contributed by atoms with Crippen LogP contribution in [0.3, 0.4) is 0 Å². The van der Waals surface area contributed by atoms with Gasteiger partial charge in [0.15, 0.2) is 44.0 Å². The first-order valence-corrected chi connectivity index (χ1v) is 32.4. The van der Waals surface area contributed by atoms with Crippen LogP contribution in [0.2, 0.25) is 0 Å². The van der Waals surface area contributed by atoms with Crippen molar-refractivity contribution in [3.63, 3.8) is 0 Å². The highest BCUT2D eigenvalue weighted by Crippen LogP contribution is 2.39. The smallest absolute Gasteiger partial charge is 0.217 e. The van der Waals surface area contributed by atoms with Gasteiger partial charge in [0.1, 0.15) is 189 Å². The van der Waals surface area contributed by atoms with E-state index >= 15 is 0 Å². The summed E-state index contributed by atoms with van der Waals surface area (Å²) in [6.45, 7) is -2.66. The summed E-state index contributed by atoms with van der Waals surface area (Å²) in [5.41, 5.74) is 0. The number of hydrogen-bond acceptors (Lipinski definition) is 40. The molecule has 0 aliphatic carbocycles. The molecule has 8 aliphatic heterocycles. The minimum absolute atomic E-state index is 0.609. The van der Waals surface area contributed by atoms with Crippen LogP contribution in [0.1, 0.15) is 34.6 Å². The van der Waals surface area contributed by atoms with Gasteiger partial charge in [-0.25, -0.2) is 0 Å². The molecule has 0 saturated carbocycles. The molecule has 584 valence electrons. The third-order valence-electron chi connectivity index (χ3n) is 18.5. The first-order chi connectivity index (χ1) is 47.8. The molecule has 8 saturated heterocycles. The van der Waals surface area contributed by atoms with Crippen molar-refractivity contribution in [1.29, 1.82) is 0 Å². The molecule has 0 spiro atoms. The summed E-state index contributed by atoms with van der Waals surface area (Å²) >= 11 is 0. The average Bonchev–Trinajstić information content (AvgIpc) is 0.774. The van der Waals surface area contributed by atoms with Gasteiger partial charge in [-0.2, -0.15) is 0 Å². The van der Waals surface area contributed by atoms with E-state index in [4.69, 9.17) is 71.1 Å². The van der Waals surface area contributed by atoms with E-state index in [1.54, 1.807) is 0 Å². The second-order valence-electron chi connectivity index (χ2n) is 25.7. The Morgan fingerprint density at radius 1 is 0.267 bits per heavy atom. The lowest BCUT2D eigenvalue weighted by atomic mass is 9.92. The third kappa shape index (κ3) is 18.5. The fraction of sp³-hybridized carbons (Fsp3) is 0.930. The summed E-state index contributed by atoms with van der Waals surface area (Å²) < 4.78 is 89.4. The van der Waals surface area contributed by atoms with Gasteiger partial charge in [0.05, 0.1) is 65.0 Å². The molecule has 0 bridgehead atoms. The van der Waals surface area contributed by atoms with Crippen molar-refractivity contribution in [2.75, 3.05) is 52.9 Å². The highest BCUT2D eigenvalue weighted by molar-refractivity contribution is 5.74. The van der Waals surface area contributed by atoms with Crippen molar-refractivity contribution in [2.24, 2.45) is 0 Å². The molecule has 20 unspecified atom stereocenters. The highest BCUT2D eigenvalue weighted by atomic mass is 16.8. The number of hydrogen-bond donors (Lipinski definition) is 25. The van der Waals surface area contributed by atoms with Gasteiger partial charge in [0.25, 0.3) is 0 Å². The predicted octanol–water partition coefficient (Wildman–Crippen LogP) is -16.8. The quantitative estimate of drug-likeness (QED) is 0.0382. The first-order valence-electron chi connectivity index (χ1n) is 32.4. The number of amides is 4. The third-order valence-corrected chi connectivity index (χ3v) is 18.5. The van der Waals surface area contributed by atoms with Crippen LogP contribution in [0.4, 0.5) is 0 Å². The summed E-state index contributed by atoms with van der Waals surface area (Å²) in [7, 11) is 0. The highest BCUT2D eigenvalue weighted by Gasteiger charge is 2.60. The fourth-order valence-electron chi connectivity index (χ4n) is 13.2. The molecular weight excluding hydrogens is 1380 g/mol. The zero-order chi connectivity index (χ0) is 74.5. The number of ether oxygens (including phenoxy) is 15. The molecule has 0 radical (unpaired) electrons. The van der Waals surface area contributed by atoms with Gasteiger partial charge >= 0.3 is 0 Å². The Balaban J connectivity index is 1.13. The minimum Gasteiger partial charge on any atom is -0.394 e. The van der Waals surface area contributed by atoms with E-state index in [1.165, 1.54) is 6.92 Å². The fourth-order valence-corrected chi connectivity index (χ4v) is 13.2. The summed E-state index contributed by atoms with van der Waals surface area (Å²) in [5, 5.41) is 242. The van der Waals surface area contributed by atoms with Crippen molar-refractivity contribution in [3.8, 4) is 0 Å². The van der Waals surface area contributed by atoms with E-state index in [2.05, 4.69) is 21.3 Å². The summed E-state index contributed by atoms with van der Waals surface area (Å²) in [4.78, 5) is 50.4. The van der Waals surface area contributed by atoms with Crippen LogP contribution in [0.25, 0.3) is 0 Å². The van der Waals surface area contributed by atoms with Crippen molar-refractivity contribution in [3.05, 3.63) is 0 Å². The lowest BCUT2D eigenvalue weighted by Gasteiger charge is -2.51. The lowest BCUT2D eigenvalue weighted by Crippen LogP contribution is -2.70. The van der Waals surface area contributed by atoms with E-state index in [9.17, 15) is 126 Å². The molecule has 25 N–H and O–H groups in total. The molecule has 40 atom stereocenters. The summed E-state index contributed by atoms with van der Waals surface area (Å²) in [6.07, 6.45) is -71.1. The standard InChI is InChI=1S/C57H96N4O40/c1-14-27(58-15(2)69)37(79)45(23(10-66)88-14)96-52-29(60-17(4)71)38(80)47(25(12-68)93-52)98-55-44(86)48(99-57-50(42(84)34(76)22(9-65)92-57)101-51-28(59-16(3)70)36(78)31(73)19(6-62)89-51)35(77)26(95-55)13-87-56-49(41(83)33(75)21(8-64)91-56)100-53-30(61-18(5)72)39(81)46(24(11-67)94-53)97-54-43(85)40(82)32(74)20(7-63)90-54/h14,19-57,62-68,73-86H,6-13H2,1-5H3,(H,58,69)(H,59,70)(H,60,71)(H,61,72)/t14?,19?,20?,21?,22-,23?,24+,25?,26?,27?,28?,29?,30?,31-,32+,33-,34-,35-,36-,37?,38?,39?,40+,41+,42?,43?,44?,45-,46-,47-,48+,49?,50?,51+,52?,53+,54+,55+,56+,57-/m1/s1. The molecule has 44 heteroatoms. The zero-order valence-electron chi connectivity index (χ0n) is 54.9. The van der Waals surface area contributed by atoms with E-state index in [0.29, 0.717) is 0 Å². The van der Waals surface area contributed by atoms with Crippen molar-refractivity contribution < 1.29 is 197 Å². The Labute approximate surface area is 573 Å². The molecule has 8 heterocycles. The Hall–Kier alpha value is -3.56. The van der Waals surface area contributed by atoms with Gasteiger partial charge in [0.2, 0.25) is 23.6 Å². The topological polar surface area (TPSA) is 680 Å².